The fourth-order valence-electron chi connectivity index (χ4n) is 2.09. The standard InChI is InChI=1S/C16H21NS/c1-11(17)14-9-10-15(18-14)12-7-5-6-8-13(12)16(2,3)4/h5-11H,17H2,1-4H3. The average Bonchev–Trinajstić information content (AvgIpc) is 2.77. The molecule has 0 amide bonds. The molecule has 0 bridgehead atoms. The molecule has 2 N–H and O–H groups in total. The van der Waals surface area contributed by atoms with E-state index in [0.29, 0.717) is 0 Å². The van der Waals surface area contributed by atoms with E-state index in [4.69, 9.17) is 5.73 Å². The second-order valence-corrected chi connectivity index (χ2v) is 6.90. The number of rotatable bonds is 2. The van der Waals surface area contributed by atoms with Crippen LogP contribution >= 0.6 is 11.3 Å². The fraction of sp³-hybridized carbons (Fsp3) is 0.375. The lowest BCUT2D eigenvalue weighted by atomic mass is 9.83. The first-order valence-corrected chi connectivity index (χ1v) is 7.16. The normalized spacial score (nSPS) is 13.6. The molecule has 0 saturated carbocycles. The highest BCUT2D eigenvalue weighted by Crippen LogP contribution is 2.37. The Morgan fingerprint density at radius 3 is 2.28 bits per heavy atom. The minimum absolute atomic E-state index is 0.116. The Hall–Kier alpha value is -1.12. The molecule has 0 fully saturated rings. The molecule has 0 aliphatic heterocycles. The zero-order valence-corrected chi connectivity index (χ0v) is 12.3. The topological polar surface area (TPSA) is 26.0 Å². The maximum Gasteiger partial charge on any atom is 0.0361 e. The zero-order valence-electron chi connectivity index (χ0n) is 11.5. The second kappa shape index (κ2) is 4.87. The Morgan fingerprint density at radius 1 is 1.06 bits per heavy atom. The van der Waals surface area contributed by atoms with E-state index in [9.17, 15) is 0 Å². The molecule has 0 saturated heterocycles. The van der Waals surface area contributed by atoms with E-state index in [1.54, 1.807) is 11.3 Å². The van der Waals surface area contributed by atoms with Gasteiger partial charge in [0, 0.05) is 15.8 Å². The van der Waals surface area contributed by atoms with Gasteiger partial charge in [-0.05, 0) is 35.6 Å². The number of hydrogen-bond donors (Lipinski definition) is 1. The first-order valence-electron chi connectivity index (χ1n) is 6.35. The summed E-state index contributed by atoms with van der Waals surface area (Å²) < 4.78 is 0. The Kier molecular flexibility index (Phi) is 3.60. The zero-order chi connectivity index (χ0) is 13.3. The van der Waals surface area contributed by atoms with Crippen molar-refractivity contribution in [3.05, 3.63) is 46.8 Å². The van der Waals surface area contributed by atoms with Gasteiger partial charge in [-0.1, -0.05) is 45.0 Å². The number of benzene rings is 1. The molecule has 1 atom stereocenters. The van der Waals surface area contributed by atoms with Gasteiger partial charge in [-0.15, -0.1) is 11.3 Å². The van der Waals surface area contributed by atoms with Crippen LogP contribution in [-0.4, -0.2) is 0 Å². The lowest BCUT2D eigenvalue weighted by molar-refractivity contribution is 0.592. The van der Waals surface area contributed by atoms with Crippen LogP contribution in [0.25, 0.3) is 10.4 Å². The van der Waals surface area contributed by atoms with E-state index in [2.05, 4.69) is 57.2 Å². The highest BCUT2D eigenvalue weighted by Gasteiger charge is 2.19. The predicted octanol–water partition coefficient (Wildman–Crippen LogP) is 4.73. The van der Waals surface area contributed by atoms with E-state index in [0.717, 1.165) is 0 Å². The number of nitrogens with two attached hydrogens (primary N) is 1. The van der Waals surface area contributed by atoms with Gasteiger partial charge >= 0.3 is 0 Å². The van der Waals surface area contributed by atoms with Gasteiger partial charge in [0.2, 0.25) is 0 Å². The summed E-state index contributed by atoms with van der Waals surface area (Å²) in [6.45, 7) is 8.80. The minimum atomic E-state index is 0.116. The third kappa shape index (κ3) is 2.65. The summed E-state index contributed by atoms with van der Waals surface area (Å²) in [6, 6.07) is 13.1. The van der Waals surface area contributed by atoms with Gasteiger partial charge in [0.25, 0.3) is 0 Å². The second-order valence-electron chi connectivity index (χ2n) is 5.79. The predicted molar refractivity (Wildman–Crippen MR) is 81.1 cm³/mol. The van der Waals surface area contributed by atoms with Crippen LogP contribution in [0.5, 0.6) is 0 Å². The molecule has 2 aromatic rings. The van der Waals surface area contributed by atoms with Gasteiger partial charge in [0.05, 0.1) is 0 Å². The smallest absolute Gasteiger partial charge is 0.0361 e. The summed E-state index contributed by atoms with van der Waals surface area (Å²) in [5.74, 6) is 0. The molecular formula is C16H21NS. The van der Waals surface area contributed by atoms with Crippen LogP contribution in [0.1, 0.15) is 44.2 Å². The molecule has 1 unspecified atom stereocenters. The van der Waals surface area contributed by atoms with Gasteiger partial charge in [-0.3, -0.25) is 0 Å². The monoisotopic (exact) mass is 259 g/mol. The lowest BCUT2D eigenvalue weighted by Crippen LogP contribution is -2.12. The summed E-state index contributed by atoms with van der Waals surface area (Å²) in [7, 11) is 0. The molecule has 0 radical (unpaired) electrons. The van der Waals surface area contributed by atoms with Crippen LogP contribution in [0, 0.1) is 0 Å². The van der Waals surface area contributed by atoms with Crippen LogP contribution in [0.15, 0.2) is 36.4 Å². The van der Waals surface area contributed by atoms with Crippen molar-refractivity contribution in [1.29, 1.82) is 0 Å². The molecule has 2 rings (SSSR count). The number of hydrogen-bond acceptors (Lipinski definition) is 2. The summed E-state index contributed by atoms with van der Waals surface area (Å²) in [5.41, 5.74) is 8.83. The molecule has 0 spiro atoms. The van der Waals surface area contributed by atoms with Gasteiger partial charge < -0.3 is 5.73 Å². The van der Waals surface area contributed by atoms with Crippen LogP contribution in [0.2, 0.25) is 0 Å². The molecule has 1 heterocycles. The quantitative estimate of drug-likeness (QED) is 0.828. The van der Waals surface area contributed by atoms with E-state index in [1.165, 1.54) is 20.9 Å². The average molecular weight is 259 g/mol. The Balaban J connectivity index is 2.50. The highest BCUT2D eigenvalue weighted by atomic mass is 32.1. The molecule has 1 nitrogen and oxygen atoms in total. The molecule has 0 aliphatic rings. The van der Waals surface area contributed by atoms with Crippen molar-refractivity contribution >= 4 is 11.3 Å². The van der Waals surface area contributed by atoms with Crippen molar-refractivity contribution in [2.45, 2.75) is 39.2 Å². The van der Waals surface area contributed by atoms with Crippen molar-refractivity contribution in [3.63, 3.8) is 0 Å². The summed E-state index contributed by atoms with van der Waals surface area (Å²) in [6.07, 6.45) is 0. The van der Waals surface area contributed by atoms with E-state index in [-0.39, 0.29) is 11.5 Å². The van der Waals surface area contributed by atoms with Gasteiger partial charge in [0.1, 0.15) is 0 Å². The van der Waals surface area contributed by atoms with Gasteiger partial charge in [-0.2, -0.15) is 0 Å². The van der Waals surface area contributed by atoms with Crippen LogP contribution in [0.4, 0.5) is 0 Å². The van der Waals surface area contributed by atoms with Crippen LogP contribution in [0.3, 0.4) is 0 Å². The number of thiophene rings is 1. The summed E-state index contributed by atoms with van der Waals surface area (Å²) in [4.78, 5) is 2.56. The largest absolute Gasteiger partial charge is 0.324 e. The molecule has 0 aliphatic carbocycles. The van der Waals surface area contributed by atoms with E-state index in [1.807, 2.05) is 6.92 Å². The van der Waals surface area contributed by atoms with Crippen molar-refractivity contribution < 1.29 is 0 Å². The maximum absolute atomic E-state index is 5.94. The Bertz CT molecular complexity index is 532. The fourth-order valence-corrected chi connectivity index (χ4v) is 3.09. The summed E-state index contributed by atoms with van der Waals surface area (Å²) in [5, 5.41) is 0. The minimum Gasteiger partial charge on any atom is -0.324 e. The lowest BCUT2D eigenvalue weighted by Gasteiger charge is -2.22. The SMILES string of the molecule is CC(N)c1ccc(-c2ccccc2C(C)(C)C)s1. The van der Waals surface area contributed by atoms with Gasteiger partial charge in [-0.25, -0.2) is 0 Å². The van der Waals surface area contributed by atoms with Crippen LogP contribution in [-0.2, 0) is 5.41 Å². The Morgan fingerprint density at radius 2 is 1.72 bits per heavy atom. The summed E-state index contributed by atoms with van der Waals surface area (Å²) >= 11 is 1.80. The molecule has 18 heavy (non-hydrogen) atoms. The first kappa shape index (κ1) is 13.3. The third-order valence-corrected chi connectivity index (χ3v) is 4.40. The van der Waals surface area contributed by atoms with Crippen molar-refractivity contribution in [2.24, 2.45) is 5.73 Å². The molecule has 2 heteroatoms. The van der Waals surface area contributed by atoms with E-state index >= 15 is 0 Å². The molecule has 1 aromatic carbocycles. The molecule has 1 aromatic heterocycles. The molecule has 96 valence electrons. The maximum atomic E-state index is 5.94. The first-order chi connectivity index (χ1) is 8.39. The van der Waals surface area contributed by atoms with Crippen molar-refractivity contribution in [1.82, 2.24) is 0 Å². The Labute approximate surface area is 114 Å². The molecular weight excluding hydrogens is 238 g/mol. The van der Waals surface area contributed by atoms with Crippen molar-refractivity contribution in [2.75, 3.05) is 0 Å². The van der Waals surface area contributed by atoms with Gasteiger partial charge in [0.15, 0.2) is 0 Å². The van der Waals surface area contributed by atoms with E-state index < -0.39 is 0 Å². The van der Waals surface area contributed by atoms with Crippen LogP contribution < -0.4 is 5.73 Å². The highest BCUT2D eigenvalue weighted by molar-refractivity contribution is 7.15. The third-order valence-electron chi connectivity index (χ3n) is 3.08. The van der Waals surface area contributed by atoms with Crippen molar-refractivity contribution in [3.8, 4) is 10.4 Å².